The maximum absolute atomic E-state index is 12.8. The van der Waals surface area contributed by atoms with E-state index in [1.165, 1.54) is 0 Å². The average Bonchev–Trinajstić information content (AvgIpc) is 3.12. The highest BCUT2D eigenvalue weighted by Crippen LogP contribution is 2.25. The molecule has 0 spiro atoms. The van der Waals surface area contributed by atoms with Gasteiger partial charge in [0.15, 0.2) is 0 Å². The number of Topliss-reactive ketones (excluding diaryl/α,β-unsaturated/α-hetero) is 1. The van der Waals surface area contributed by atoms with Crippen molar-refractivity contribution in [3.63, 3.8) is 0 Å². The van der Waals surface area contributed by atoms with Crippen molar-refractivity contribution >= 4 is 17.5 Å². The van der Waals surface area contributed by atoms with E-state index in [4.69, 9.17) is 0 Å². The molecule has 7 nitrogen and oxygen atoms in total. The van der Waals surface area contributed by atoms with Gasteiger partial charge in [0.1, 0.15) is 11.6 Å². The van der Waals surface area contributed by atoms with Gasteiger partial charge in [0.25, 0.3) is 0 Å². The molecule has 0 aliphatic carbocycles. The van der Waals surface area contributed by atoms with Crippen molar-refractivity contribution in [1.82, 2.24) is 19.7 Å². The lowest BCUT2D eigenvalue weighted by atomic mass is 10.0. The molecule has 1 aliphatic heterocycles. The van der Waals surface area contributed by atoms with Crippen LogP contribution >= 0.6 is 0 Å². The molecule has 0 bridgehead atoms. The van der Waals surface area contributed by atoms with Crippen molar-refractivity contribution in [2.45, 2.75) is 39.7 Å². The Morgan fingerprint density at radius 1 is 1.13 bits per heavy atom. The van der Waals surface area contributed by atoms with Gasteiger partial charge in [-0.05, 0) is 36.6 Å². The minimum Gasteiger partial charge on any atom is -0.299 e. The fraction of sp³-hybridized carbons (Fsp3) is 0.348. The Bertz CT molecular complexity index is 1040. The molecule has 0 radical (unpaired) electrons. The zero-order valence-electron chi connectivity index (χ0n) is 17.3. The number of pyridine rings is 2. The molecule has 1 unspecified atom stereocenters. The number of ketones is 1. The van der Waals surface area contributed by atoms with Crippen LogP contribution in [0.25, 0.3) is 11.3 Å². The van der Waals surface area contributed by atoms with Gasteiger partial charge < -0.3 is 0 Å². The molecule has 7 heteroatoms. The molecule has 1 amide bonds. The molecule has 30 heavy (non-hydrogen) atoms. The normalized spacial score (nSPS) is 15.7. The molecule has 4 rings (SSSR count). The minimum absolute atomic E-state index is 0.0268. The number of hydrogen-bond donors (Lipinski definition) is 0. The largest absolute Gasteiger partial charge is 0.299 e. The van der Waals surface area contributed by atoms with Crippen molar-refractivity contribution in [3.05, 3.63) is 60.2 Å². The lowest BCUT2D eigenvalue weighted by Crippen LogP contribution is -2.41. The van der Waals surface area contributed by atoms with Gasteiger partial charge in [0.05, 0.1) is 11.4 Å². The molecular formula is C23H25N5O2. The molecule has 0 N–H and O–H groups in total. The Balaban J connectivity index is 1.33. The second-order valence-electron chi connectivity index (χ2n) is 7.94. The quantitative estimate of drug-likeness (QED) is 0.631. The summed E-state index contributed by atoms with van der Waals surface area (Å²) in [7, 11) is 0. The molecule has 3 aromatic rings. The SMILES string of the molecule is Cc1cc2n(n1)CC(C)CN2C(=O)CCC(=O)Cc1ccc(-c2cccnc2)nc1. The van der Waals surface area contributed by atoms with Crippen LogP contribution in [0.15, 0.2) is 48.9 Å². The molecule has 1 atom stereocenters. The monoisotopic (exact) mass is 403 g/mol. The number of aryl methyl sites for hydroxylation is 1. The predicted octanol–water partition coefficient (Wildman–Crippen LogP) is 3.22. The first-order chi connectivity index (χ1) is 14.5. The maximum Gasteiger partial charge on any atom is 0.228 e. The van der Waals surface area contributed by atoms with Gasteiger partial charge in [0.2, 0.25) is 5.91 Å². The van der Waals surface area contributed by atoms with Gasteiger partial charge in [-0.2, -0.15) is 5.10 Å². The summed E-state index contributed by atoms with van der Waals surface area (Å²) in [5.74, 6) is 1.18. The Hall–Kier alpha value is -3.35. The number of carbonyl (C=O) groups excluding carboxylic acids is 2. The summed E-state index contributed by atoms with van der Waals surface area (Å²) >= 11 is 0. The van der Waals surface area contributed by atoms with E-state index in [2.05, 4.69) is 22.0 Å². The second-order valence-corrected chi connectivity index (χ2v) is 7.94. The summed E-state index contributed by atoms with van der Waals surface area (Å²) in [5.41, 5.74) is 3.50. The van der Waals surface area contributed by atoms with Crippen LogP contribution < -0.4 is 4.90 Å². The summed E-state index contributed by atoms with van der Waals surface area (Å²) < 4.78 is 1.89. The summed E-state index contributed by atoms with van der Waals surface area (Å²) in [6.07, 6.45) is 5.90. The number of fused-ring (bicyclic) bond motifs is 1. The van der Waals surface area contributed by atoms with Crippen LogP contribution in [0.2, 0.25) is 0 Å². The van der Waals surface area contributed by atoms with Crippen LogP contribution in [0.3, 0.4) is 0 Å². The molecule has 0 saturated carbocycles. The van der Waals surface area contributed by atoms with E-state index in [-0.39, 0.29) is 31.0 Å². The number of rotatable bonds is 6. The number of nitrogens with zero attached hydrogens (tertiary/aromatic N) is 5. The van der Waals surface area contributed by atoms with Crippen molar-refractivity contribution in [2.24, 2.45) is 5.92 Å². The fourth-order valence-corrected chi connectivity index (χ4v) is 3.78. The van der Waals surface area contributed by atoms with Crippen molar-refractivity contribution in [2.75, 3.05) is 11.4 Å². The smallest absolute Gasteiger partial charge is 0.228 e. The fourth-order valence-electron chi connectivity index (χ4n) is 3.78. The predicted molar refractivity (Wildman–Crippen MR) is 114 cm³/mol. The van der Waals surface area contributed by atoms with Gasteiger partial charge in [0, 0.05) is 62.6 Å². The third kappa shape index (κ3) is 4.45. The molecule has 0 saturated heterocycles. The number of hydrogen-bond acceptors (Lipinski definition) is 5. The van der Waals surface area contributed by atoms with Gasteiger partial charge in [-0.3, -0.25) is 24.5 Å². The first kappa shape index (κ1) is 19.9. The van der Waals surface area contributed by atoms with E-state index in [9.17, 15) is 9.59 Å². The zero-order chi connectivity index (χ0) is 21.1. The summed E-state index contributed by atoms with van der Waals surface area (Å²) in [5, 5.41) is 4.46. The highest BCUT2D eigenvalue weighted by molar-refractivity contribution is 5.95. The Morgan fingerprint density at radius 2 is 2.00 bits per heavy atom. The minimum atomic E-state index is -0.0268. The molecule has 3 aromatic heterocycles. The van der Waals surface area contributed by atoms with E-state index in [0.717, 1.165) is 34.9 Å². The van der Waals surface area contributed by atoms with Gasteiger partial charge in [-0.1, -0.05) is 13.0 Å². The second kappa shape index (κ2) is 8.57. The lowest BCUT2D eigenvalue weighted by molar-refractivity contribution is -0.123. The number of amides is 1. The topological polar surface area (TPSA) is 81.0 Å². The van der Waals surface area contributed by atoms with Crippen LogP contribution in [0.4, 0.5) is 5.82 Å². The number of anilines is 1. The highest BCUT2D eigenvalue weighted by atomic mass is 16.2. The van der Waals surface area contributed by atoms with Crippen molar-refractivity contribution < 1.29 is 9.59 Å². The first-order valence-electron chi connectivity index (χ1n) is 10.2. The zero-order valence-corrected chi connectivity index (χ0v) is 17.3. The van der Waals surface area contributed by atoms with Crippen molar-refractivity contribution in [3.8, 4) is 11.3 Å². The van der Waals surface area contributed by atoms with Crippen LogP contribution in [0.1, 0.15) is 31.0 Å². The Labute approximate surface area is 175 Å². The number of carbonyl (C=O) groups is 2. The standard InChI is InChI=1S/C23H25N5O2/c1-16-14-27(22-10-17(2)26-28(22)15-16)23(30)8-6-20(29)11-18-5-7-21(25-12-18)19-4-3-9-24-13-19/h3-5,7,9-10,12-13,16H,6,8,11,14-15H2,1-2H3. The first-order valence-corrected chi connectivity index (χ1v) is 10.2. The summed E-state index contributed by atoms with van der Waals surface area (Å²) in [6.45, 7) is 5.51. The van der Waals surface area contributed by atoms with E-state index in [1.54, 1.807) is 23.5 Å². The summed E-state index contributed by atoms with van der Waals surface area (Å²) in [6, 6.07) is 9.54. The van der Waals surface area contributed by atoms with Gasteiger partial charge in [-0.25, -0.2) is 4.68 Å². The van der Waals surface area contributed by atoms with E-state index >= 15 is 0 Å². The molecule has 0 fully saturated rings. The highest BCUT2D eigenvalue weighted by Gasteiger charge is 2.27. The number of aromatic nitrogens is 4. The van der Waals surface area contributed by atoms with Gasteiger partial charge in [-0.15, -0.1) is 0 Å². The van der Waals surface area contributed by atoms with Crippen LogP contribution in [0.5, 0.6) is 0 Å². The maximum atomic E-state index is 12.8. The molecule has 1 aliphatic rings. The third-order valence-electron chi connectivity index (χ3n) is 5.24. The van der Waals surface area contributed by atoms with Crippen LogP contribution in [0, 0.1) is 12.8 Å². The Morgan fingerprint density at radius 3 is 2.73 bits per heavy atom. The third-order valence-corrected chi connectivity index (χ3v) is 5.24. The lowest BCUT2D eigenvalue weighted by Gasteiger charge is -2.31. The van der Waals surface area contributed by atoms with Crippen LogP contribution in [-0.2, 0) is 22.6 Å². The van der Waals surface area contributed by atoms with Gasteiger partial charge >= 0.3 is 0 Å². The average molecular weight is 403 g/mol. The van der Waals surface area contributed by atoms with Crippen molar-refractivity contribution in [1.29, 1.82) is 0 Å². The molecule has 154 valence electrons. The summed E-state index contributed by atoms with van der Waals surface area (Å²) in [4.78, 5) is 35.5. The molecular weight excluding hydrogens is 378 g/mol. The van der Waals surface area contributed by atoms with E-state index < -0.39 is 0 Å². The van der Waals surface area contributed by atoms with E-state index in [0.29, 0.717) is 12.5 Å². The molecule has 4 heterocycles. The van der Waals surface area contributed by atoms with E-state index in [1.807, 2.05) is 41.9 Å². The Kier molecular flexibility index (Phi) is 5.70. The molecule has 0 aromatic carbocycles. The van der Waals surface area contributed by atoms with Crippen LogP contribution in [-0.4, -0.2) is 38.0 Å².